The van der Waals surface area contributed by atoms with E-state index < -0.39 is 5.97 Å². The Morgan fingerprint density at radius 3 is 2.77 bits per heavy atom. The third-order valence-corrected chi connectivity index (χ3v) is 2.95. The lowest BCUT2D eigenvalue weighted by molar-refractivity contribution is -0.132. The summed E-state index contributed by atoms with van der Waals surface area (Å²) in [6.45, 7) is 3.58. The molecule has 0 bridgehead atoms. The molecule has 0 saturated heterocycles. The highest BCUT2D eigenvalue weighted by atomic mass is 32.2. The van der Waals surface area contributed by atoms with Gasteiger partial charge in [0.2, 0.25) is 0 Å². The zero-order chi connectivity index (χ0) is 10.1. The molecule has 0 saturated carbocycles. The molecule has 0 unspecified atom stereocenters. The first-order chi connectivity index (χ1) is 5.97. The second-order valence-corrected chi connectivity index (χ2v) is 4.65. The Morgan fingerprint density at radius 2 is 2.31 bits per heavy atom. The van der Waals surface area contributed by atoms with Gasteiger partial charge in [0.25, 0.3) is 0 Å². The monoisotopic (exact) mass is 201 g/mol. The van der Waals surface area contributed by atoms with Gasteiger partial charge < -0.3 is 10.2 Å². The van der Waals surface area contributed by atoms with Crippen molar-refractivity contribution in [2.45, 2.75) is 18.6 Å². The lowest BCUT2D eigenvalue weighted by Gasteiger charge is -2.26. The lowest BCUT2D eigenvalue weighted by atomic mass is 10.1. The Hall–Kier alpha value is -0.810. The highest BCUT2D eigenvalue weighted by Gasteiger charge is 2.29. The average molecular weight is 201 g/mol. The van der Waals surface area contributed by atoms with Crippen LogP contribution in [-0.4, -0.2) is 33.2 Å². The maximum Gasteiger partial charge on any atom is 0.355 e. The molecule has 72 valence electrons. The number of aliphatic imine (C=N–C) groups is 1. The quantitative estimate of drug-likeness (QED) is 0.695. The number of carboxylic acids is 1. The summed E-state index contributed by atoms with van der Waals surface area (Å²) < 4.78 is -0.312. The number of rotatable bonds is 2. The molecule has 0 aromatic heterocycles. The minimum atomic E-state index is -1.06. The van der Waals surface area contributed by atoms with Crippen LogP contribution in [-0.2, 0) is 4.79 Å². The summed E-state index contributed by atoms with van der Waals surface area (Å²) in [7, 11) is 0. The van der Waals surface area contributed by atoms with Gasteiger partial charge in [-0.2, -0.15) is 0 Å². The van der Waals surface area contributed by atoms with E-state index in [9.17, 15) is 4.79 Å². The second-order valence-electron chi connectivity index (χ2n) is 3.15. The third kappa shape index (κ3) is 2.10. The van der Waals surface area contributed by atoms with Crippen molar-refractivity contribution in [3.05, 3.63) is 11.1 Å². The first-order valence-electron chi connectivity index (χ1n) is 3.77. The topological polar surface area (TPSA) is 69.9 Å². The Bertz CT molecular complexity index is 294. The van der Waals surface area contributed by atoms with Crippen LogP contribution in [0, 0.1) is 0 Å². The van der Waals surface area contributed by atoms with Crippen molar-refractivity contribution < 1.29 is 15.0 Å². The molecule has 0 amide bonds. The molecule has 1 aliphatic rings. The molecule has 0 fully saturated rings. The van der Waals surface area contributed by atoms with Gasteiger partial charge in [0.15, 0.2) is 5.70 Å². The second kappa shape index (κ2) is 3.51. The summed E-state index contributed by atoms with van der Waals surface area (Å²) in [5.74, 6) is -1.06. The molecule has 0 spiro atoms. The minimum absolute atomic E-state index is 0.00613. The summed E-state index contributed by atoms with van der Waals surface area (Å²) in [5.41, 5.74) is 0.491. The van der Waals surface area contributed by atoms with E-state index in [0.29, 0.717) is 5.71 Å². The van der Waals surface area contributed by atoms with Crippen molar-refractivity contribution in [2.24, 2.45) is 4.99 Å². The Kier molecular flexibility index (Phi) is 2.77. The average Bonchev–Trinajstić information content (AvgIpc) is 2.03. The highest BCUT2D eigenvalue weighted by molar-refractivity contribution is 8.04. The van der Waals surface area contributed by atoms with Gasteiger partial charge in [0.05, 0.1) is 17.1 Å². The first-order valence-corrected chi connectivity index (χ1v) is 4.65. The smallest absolute Gasteiger partial charge is 0.355 e. The van der Waals surface area contributed by atoms with Crippen molar-refractivity contribution >= 4 is 23.4 Å². The predicted molar refractivity (Wildman–Crippen MR) is 51.9 cm³/mol. The molecule has 0 aromatic rings. The number of carbonyl (C=O) groups is 1. The molecule has 1 heterocycles. The fraction of sp³-hybridized carbons (Fsp3) is 0.500. The molecule has 0 aromatic carbocycles. The van der Waals surface area contributed by atoms with Crippen molar-refractivity contribution in [1.29, 1.82) is 0 Å². The number of aliphatic hydroxyl groups is 1. The van der Waals surface area contributed by atoms with Crippen LogP contribution in [0.3, 0.4) is 0 Å². The van der Waals surface area contributed by atoms with Gasteiger partial charge in [-0.25, -0.2) is 9.79 Å². The normalized spacial score (nSPS) is 20.5. The van der Waals surface area contributed by atoms with Crippen molar-refractivity contribution in [3.8, 4) is 0 Å². The van der Waals surface area contributed by atoms with Gasteiger partial charge in [-0.05, 0) is 13.8 Å². The van der Waals surface area contributed by atoms with Crippen LogP contribution in [0.15, 0.2) is 16.1 Å². The van der Waals surface area contributed by atoms with Gasteiger partial charge >= 0.3 is 5.97 Å². The molecule has 2 N–H and O–H groups in total. The van der Waals surface area contributed by atoms with Crippen LogP contribution in [0.1, 0.15) is 13.8 Å². The number of thioether (sulfide) groups is 1. The summed E-state index contributed by atoms with van der Waals surface area (Å²) in [4.78, 5) is 14.4. The number of hydrogen-bond donors (Lipinski definition) is 2. The SMILES string of the molecule is CC1(C)SC=C(C(=O)O)N=C1CO. The van der Waals surface area contributed by atoms with Crippen molar-refractivity contribution in [1.82, 2.24) is 0 Å². The van der Waals surface area contributed by atoms with E-state index >= 15 is 0 Å². The maximum absolute atomic E-state index is 10.6. The predicted octanol–water partition coefficient (Wildman–Crippen LogP) is 0.871. The van der Waals surface area contributed by atoms with Crippen molar-refractivity contribution in [3.63, 3.8) is 0 Å². The van der Waals surface area contributed by atoms with E-state index in [2.05, 4.69) is 4.99 Å². The van der Waals surface area contributed by atoms with Crippen LogP contribution >= 0.6 is 11.8 Å². The molecule has 4 nitrogen and oxygen atoms in total. The summed E-state index contributed by atoms with van der Waals surface area (Å²) in [6.07, 6.45) is 0. The summed E-state index contributed by atoms with van der Waals surface area (Å²) in [5, 5.41) is 19.1. The van der Waals surface area contributed by atoms with E-state index in [-0.39, 0.29) is 17.1 Å². The number of nitrogens with zero attached hydrogens (tertiary/aromatic N) is 1. The van der Waals surface area contributed by atoms with Gasteiger partial charge in [0.1, 0.15) is 0 Å². The highest BCUT2D eigenvalue weighted by Crippen LogP contribution is 2.32. The molecule has 1 aliphatic heterocycles. The number of carboxylic acid groups (broad SMARTS) is 1. The van der Waals surface area contributed by atoms with Gasteiger partial charge in [0, 0.05) is 5.41 Å². The molecular weight excluding hydrogens is 190 g/mol. The molecule has 0 radical (unpaired) electrons. The molecule has 0 atom stereocenters. The first kappa shape index (κ1) is 10.3. The molecular formula is C8H11NO3S. The number of aliphatic hydroxyl groups excluding tert-OH is 1. The van der Waals surface area contributed by atoms with Crippen LogP contribution in [0.25, 0.3) is 0 Å². The standard InChI is InChI=1S/C8H11NO3S/c1-8(2)6(3-10)9-5(4-13-8)7(11)12/h4,10H,3H2,1-2H3,(H,11,12). The fourth-order valence-corrected chi connectivity index (χ4v) is 1.71. The van der Waals surface area contributed by atoms with Crippen molar-refractivity contribution in [2.75, 3.05) is 6.61 Å². The Labute approximate surface area is 80.4 Å². The lowest BCUT2D eigenvalue weighted by Crippen LogP contribution is -2.32. The molecule has 13 heavy (non-hydrogen) atoms. The Balaban J connectivity index is 2.97. The zero-order valence-electron chi connectivity index (χ0n) is 7.44. The zero-order valence-corrected chi connectivity index (χ0v) is 8.26. The maximum atomic E-state index is 10.6. The van der Waals surface area contributed by atoms with E-state index in [0.717, 1.165) is 0 Å². The van der Waals surface area contributed by atoms with Gasteiger partial charge in [-0.3, -0.25) is 0 Å². The molecule has 1 rings (SSSR count). The fourth-order valence-electron chi connectivity index (χ4n) is 0.901. The minimum Gasteiger partial charge on any atom is -0.476 e. The number of aliphatic carboxylic acids is 1. The van der Waals surface area contributed by atoms with E-state index in [1.54, 1.807) is 0 Å². The third-order valence-electron chi connectivity index (χ3n) is 1.78. The van der Waals surface area contributed by atoms with Crippen LogP contribution in [0.4, 0.5) is 0 Å². The van der Waals surface area contributed by atoms with Crippen LogP contribution in [0.2, 0.25) is 0 Å². The summed E-state index contributed by atoms with van der Waals surface area (Å²) in [6, 6.07) is 0. The molecule has 0 aliphatic carbocycles. The van der Waals surface area contributed by atoms with E-state index in [1.165, 1.54) is 17.2 Å². The summed E-state index contributed by atoms with van der Waals surface area (Å²) >= 11 is 1.36. The Morgan fingerprint density at radius 1 is 1.69 bits per heavy atom. The van der Waals surface area contributed by atoms with Crippen LogP contribution < -0.4 is 0 Å². The van der Waals surface area contributed by atoms with E-state index in [4.69, 9.17) is 10.2 Å². The molecule has 5 heteroatoms. The number of hydrogen-bond acceptors (Lipinski definition) is 4. The van der Waals surface area contributed by atoms with Gasteiger partial charge in [-0.15, -0.1) is 11.8 Å². The van der Waals surface area contributed by atoms with E-state index in [1.807, 2.05) is 13.8 Å². The largest absolute Gasteiger partial charge is 0.476 e. The van der Waals surface area contributed by atoms with Crippen LogP contribution in [0.5, 0.6) is 0 Å². The van der Waals surface area contributed by atoms with Gasteiger partial charge in [-0.1, -0.05) is 0 Å².